The quantitative estimate of drug-likeness (QED) is 0.882. The lowest BCUT2D eigenvalue weighted by atomic mass is 10.0. The largest absolute Gasteiger partial charge is 0.481 e. The molecule has 0 bridgehead atoms. The number of aryl methyl sites for hydroxylation is 1. The molecule has 1 heterocycles. The number of carboxylic acid groups (broad SMARTS) is 1. The maximum absolute atomic E-state index is 10.8. The lowest BCUT2D eigenvalue weighted by Gasteiger charge is -2.11. The molecular weight excluding hydrogens is 276 g/mol. The molecule has 0 aliphatic carbocycles. The number of carbonyl (C=O) groups is 1. The lowest BCUT2D eigenvalue weighted by Crippen LogP contribution is -2.11. The zero-order valence-electron chi connectivity index (χ0n) is 11.8. The van der Waals surface area contributed by atoms with Crippen molar-refractivity contribution in [3.63, 3.8) is 0 Å². The smallest absolute Gasteiger partial charge is 0.303 e. The number of hydrogen-bond donors (Lipinski definition) is 1. The molecule has 0 fully saturated rings. The van der Waals surface area contributed by atoms with Gasteiger partial charge in [0.05, 0.1) is 11.0 Å². The number of carboxylic acids is 1. The first-order valence-electron chi connectivity index (χ1n) is 6.87. The van der Waals surface area contributed by atoms with E-state index in [1.54, 1.807) is 0 Å². The lowest BCUT2D eigenvalue weighted by molar-refractivity contribution is -0.137. The molecule has 0 spiro atoms. The summed E-state index contributed by atoms with van der Waals surface area (Å²) in [5.41, 5.74) is 1.94. The number of rotatable bonds is 6. The SMILES string of the molecule is CCCn1c(CC(C)CC(=O)O)nc2cc(Cl)ccc21. The molecular formula is C15H19ClN2O2. The maximum atomic E-state index is 10.8. The van der Waals surface area contributed by atoms with Gasteiger partial charge in [0.2, 0.25) is 0 Å². The van der Waals surface area contributed by atoms with Crippen LogP contribution < -0.4 is 0 Å². The van der Waals surface area contributed by atoms with Crippen molar-refractivity contribution in [2.45, 2.75) is 39.7 Å². The Kier molecular flexibility index (Phi) is 4.65. The van der Waals surface area contributed by atoms with Gasteiger partial charge >= 0.3 is 5.97 Å². The number of fused-ring (bicyclic) bond motifs is 1. The van der Waals surface area contributed by atoms with Crippen LogP contribution in [-0.4, -0.2) is 20.6 Å². The first-order chi connectivity index (χ1) is 9.51. The van der Waals surface area contributed by atoms with Gasteiger partial charge in [-0.05, 0) is 30.5 Å². The molecule has 20 heavy (non-hydrogen) atoms. The molecule has 1 aromatic carbocycles. The van der Waals surface area contributed by atoms with E-state index in [4.69, 9.17) is 16.7 Å². The minimum atomic E-state index is -0.765. The molecule has 108 valence electrons. The van der Waals surface area contributed by atoms with Gasteiger partial charge in [0.25, 0.3) is 0 Å². The fourth-order valence-electron chi connectivity index (χ4n) is 2.46. The van der Waals surface area contributed by atoms with Crippen LogP contribution in [0, 0.1) is 5.92 Å². The molecule has 2 aromatic rings. The van der Waals surface area contributed by atoms with E-state index in [-0.39, 0.29) is 12.3 Å². The minimum absolute atomic E-state index is 0.0652. The molecule has 0 saturated heterocycles. The van der Waals surface area contributed by atoms with Gasteiger partial charge < -0.3 is 9.67 Å². The first kappa shape index (κ1) is 14.9. The summed E-state index contributed by atoms with van der Waals surface area (Å²) in [4.78, 5) is 15.4. The minimum Gasteiger partial charge on any atom is -0.481 e. The van der Waals surface area contributed by atoms with Crippen LogP contribution >= 0.6 is 11.6 Å². The Morgan fingerprint density at radius 3 is 2.90 bits per heavy atom. The third-order valence-corrected chi connectivity index (χ3v) is 3.53. The van der Waals surface area contributed by atoms with E-state index in [1.807, 2.05) is 25.1 Å². The van der Waals surface area contributed by atoms with Crippen LogP contribution in [0.15, 0.2) is 18.2 Å². The standard InChI is InChI=1S/C15H19ClN2O2/c1-3-6-18-13-5-4-11(16)9-12(13)17-14(18)7-10(2)8-15(19)20/h4-5,9-10H,3,6-8H2,1-2H3,(H,19,20). The Morgan fingerprint density at radius 1 is 1.50 bits per heavy atom. The third kappa shape index (κ3) is 3.31. The van der Waals surface area contributed by atoms with E-state index in [1.165, 1.54) is 0 Å². The van der Waals surface area contributed by atoms with E-state index >= 15 is 0 Å². The van der Waals surface area contributed by atoms with Crippen LogP contribution in [0.3, 0.4) is 0 Å². The van der Waals surface area contributed by atoms with Crippen LogP contribution in [0.5, 0.6) is 0 Å². The zero-order chi connectivity index (χ0) is 14.7. The van der Waals surface area contributed by atoms with Crippen LogP contribution in [0.25, 0.3) is 11.0 Å². The summed E-state index contributed by atoms with van der Waals surface area (Å²) >= 11 is 6.00. The summed E-state index contributed by atoms with van der Waals surface area (Å²) in [5, 5.41) is 9.54. The van der Waals surface area contributed by atoms with Gasteiger partial charge in [-0.25, -0.2) is 4.98 Å². The van der Waals surface area contributed by atoms with Crippen molar-refractivity contribution in [1.29, 1.82) is 0 Å². The fraction of sp³-hybridized carbons (Fsp3) is 0.467. The predicted molar refractivity (Wildman–Crippen MR) is 80.2 cm³/mol. The summed E-state index contributed by atoms with van der Waals surface area (Å²) in [7, 11) is 0. The average molecular weight is 295 g/mol. The van der Waals surface area contributed by atoms with Gasteiger partial charge in [0.1, 0.15) is 5.82 Å². The highest BCUT2D eigenvalue weighted by atomic mass is 35.5. The zero-order valence-corrected chi connectivity index (χ0v) is 12.5. The van der Waals surface area contributed by atoms with E-state index in [9.17, 15) is 4.79 Å². The van der Waals surface area contributed by atoms with Gasteiger partial charge in [-0.1, -0.05) is 25.4 Å². The number of aromatic nitrogens is 2. The fourth-order valence-corrected chi connectivity index (χ4v) is 2.63. The Hall–Kier alpha value is -1.55. The summed E-state index contributed by atoms with van der Waals surface area (Å²) in [6.07, 6.45) is 1.84. The summed E-state index contributed by atoms with van der Waals surface area (Å²) < 4.78 is 2.17. The predicted octanol–water partition coefficient (Wildman–Crippen LogP) is 3.75. The van der Waals surface area contributed by atoms with Crippen LogP contribution in [0.1, 0.15) is 32.5 Å². The molecule has 0 aliphatic heterocycles. The third-order valence-electron chi connectivity index (χ3n) is 3.29. The van der Waals surface area contributed by atoms with Crippen molar-refractivity contribution in [3.8, 4) is 0 Å². The molecule has 5 heteroatoms. The number of benzene rings is 1. The van der Waals surface area contributed by atoms with Gasteiger partial charge in [-0.2, -0.15) is 0 Å². The number of imidazole rings is 1. The Morgan fingerprint density at radius 2 is 2.25 bits per heavy atom. The van der Waals surface area contributed by atoms with Gasteiger partial charge in [0, 0.05) is 24.4 Å². The molecule has 0 aliphatic rings. The summed E-state index contributed by atoms with van der Waals surface area (Å²) in [5.74, 6) is 0.243. The molecule has 1 N–H and O–H groups in total. The average Bonchev–Trinajstić information content (AvgIpc) is 2.66. The van der Waals surface area contributed by atoms with E-state index in [2.05, 4.69) is 16.5 Å². The molecule has 4 nitrogen and oxygen atoms in total. The van der Waals surface area contributed by atoms with Crippen molar-refractivity contribution in [2.24, 2.45) is 5.92 Å². The van der Waals surface area contributed by atoms with E-state index in [0.717, 1.165) is 29.8 Å². The molecule has 0 amide bonds. The highest BCUT2D eigenvalue weighted by Crippen LogP contribution is 2.23. The number of nitrogens with zero attached hydrogens (tertiary/aromatic N) is 2. The molecule has 1 atom stereocenters. The van der Waals surface area contributed by atoms with Crippen molar-refractivity contribution < 1.29 is 9.90 Å². The molecule has 1 aromatic heterocycles. The molecule has 0 radical (unpaired) electrons. The van der Waals surface area contributed by atoms with E-state index < -0.39 is 5.97 Å². The van der Waals surface area contributed by atoms with Crippen LogP contribution in [-0.2, 0) is 17.8 Å². The Bertz CT molecular complexity index is 622. The number of halogens is 1. The summed E-state index contributed by atoms with van der Waals surface area (Å²) in [6, 6.07) is 5.70. The van der Waals surface area contributed by atoms with Crippen molar-refractivity contribution in [3.05, 3.63) is 29.0 Å². The first-order valence-corrected chi connectivity index (χ1v) is 7.25. The Balaban J connectivity index is 2.35. The number of aliphatic carboxylic acids is 1. The highest BCUT2D eigenvalue weighted by molar-refractivity contribution is 6.31. The van der Waals surface area contributed by atoms with Crippen molar-refractivity contribution >= 4 is 28.6 Å². The van der Waals surface area contributed by atoms with Crippen molar-refractivity contribution in [2.75, 3.05) is 0 Å². The normalized spacial score (nSPS) is 12.8. The van der Waals surface area contributed by atoms with Crippen LogP contribution in [0.2, 0.25) is 5.02 Å². The van der Waals surface area contributed by atoms with Crippen molar-refractivity contribution in [1.82, 2.24) is 9.55 Å². The number of hydrogen-bond acceptors (Lipinski definition) is 2. The Labute approximate surface area is 123 Å². The second kappa shape index (κ2) is 6.27. The van der Waals surface area contributed by atoms with Crippen LogP contribution in [0.4, 0.5) is 0 Å². The summed E-state index contributed by atoms with van der Waals surface area (Å²) in [6.45, 7) is 4.94. The molecule has 0 saturated carbocycles. The van der Waals surface area contributed by atoms with E-state index in [0.29, 0.717) is 11.4 Å². The second-order valence-electron chi connectivity index (χ2n) is 5.22. The molecule has 2 rings (SSSR count). The van der Waals surface area contributed by atoms with Gasteiger partial charge in [0.15, 0.2) is 0 Å². The van der Waals surface area contributed by atoms with Gasteiger partial charge in [-0.3, -0.25) is 4.79 Å². The molecule has 1 unspecified atom stereocenters. The van der Waals surface area contributed by atoms with Gasteiger partial charge in [-0.15, -0.1) is 0 Å². The monoisotopic (exact) mass is 294 g/mol. The highest BCUT2D eigenvalue weighted by Gasteiger charge is 2.15. The maximum Gasteiger partial charge on any atom is 0.303 e. The topological polar surface area (TPSA) is 55.1 Å². The second-order valence-corrected chi connectivity index (χ2v) is 5.66.